The number of hydrogen-bond acceptors (Lipinski definition) is 2. The number of rotatable bonds is 4. The van der Waals surface area contributed by atoms with Gasteiger partial charge in [-0.05, 0) is 40.0 Å². The van der Waals surface area contributed by atoms with Gasteiger partial charge in [0.25, 0.3) is 5.91 Å². The van der Waals surface area contributed by atoms with Gasteiger partial charge in [0.15, 0.2) is 0 Å². The number of nitrogens with one attached hydrogen (secondary N) is 1. The van der Waals surface area contributed by atoms with Crippen molar-refractivity contribution < 1.29 is 10.0 Å². The van der Waals surface area contributed by atoms with E-state index >= 15 is 0 Å². The van der Waals surface area contributed by atoms with Gasteiger partial charge < -0.3 is 0 Å². The van der Waals surface area contributed by atoms with Gasteiger partial charge >= 0.3 is 0 Å². The van der Waals surface area contributed by atoms with Crippen molar-refractivity contribution in [2.24, 2.45) is 0 Å². The lowest BCUT2D eigenvalue weighted by Crippen LogP contribution is -2.14. The van der Waals surface area contributed by atoms with Gasteiger partial charge in [0.05, 0.1) is 0 Å². The lowest BCUT2D eigenvalue weighted by atomic mass is 9.94. The van der Waals surface area contributed by atoms with Crippen LogP contribution in [-0.2, 0) is 4.79 Å². The molecule has 0 atom stereocenters. The molecule has 3 rings (SSSR count). The van der Waals surface area contributed by atoms with E-state index in [0.29, 0.717) is 0 Å². The third kappa shape index (κ3) is 3.59. The maximum atomic E-state index is 11.3. The maximum Gasteiger partial charge on any atom is 0.267 e. The fourth-order valence-electron chi connectivity index (χ4n) is 2.58. The Morgan fingerprint density at radius 1 is 0.792 bits per heavy atom. The van der Waals surface area contributed by atoms with Gasteiger partial charge in [0.1, 0.15) is 0 Å². The molecule has 3 aromatic rings. The van der Waals surface area contributed by atoms with E-state index < -0.39 is 5.91 Å². The fraction of sp³-hybridized carbons (Fsp3) is 0. The van der Waals surface area contributed by atoms with E-state index in [0.717, 1.165) is 27.8 Å². The molecule has 2 N–H and O–H groups in total. The molecule has 0 aliphatic carbocycles. The summed E-state index contributed by atoms with van der Waals surface area (Å²) >= 11 is 0. The van der Waals surface area contributed by atoms with Gasteiger partial charge in [0, 0.05) is 6.08 Å². The molecule has 0 heterocycles. The Kier molecular flexibility index (Phi) is 4.84. The molecule has 3 aromatic carbocycles. The van der Waals surface area contributed by atoms with Crippen LogP contribution in [0.5, 0.6) is 0 Å². The quantitative estimate of drug-likeness (QED) is 0.422. The maximum absolute atomic E-state index is 11.3. The zero-order chi connectivity index (χ0) is 16.8. The predicted molar refractivity (Wildman–Crippen MR) is 96.3 cm³/mol. The van der Waals surface area contributed by atoms with Crippen LogP contribution >= 0.6 is 0 Å². The molecular formula is C21H17NO2. The van der Waals surface area contributed by atoms with E-state index in [4.69, 9.17) is 5.21 Å². The Hall–Kier alpha value is -3.17. The first-order valence-corrected chi connectivity index (χ1v) is 7.65. The normalized spacial score (nSPS) is 10.7. The average molecular weight is 315 g/mol. The molecule has 1 amide bonds. The van der Waals surface area contributed by atoms with Crippen LogP contribution in [0, 0.1) is 0 Å². The zero-order valence-corrected chi connectivity index (χ0v) is 13.0. The topological polar surface area (TPSA) is 49.3 Å². The van der Waals surface area contributed by atoms with Crippen LogP contribution in [0.15, 0.2) is 84.9 Å². The molecule has 3 nitrogen and oxygen atoms in total. The Bertz CT molecular complexity index is 856. The molecule has 0 aliphatic heterocycles. The molecule has 0 spiro atoms. The summed E-state index contributed by atoms with van der Waals surface area (Å²) in [4.78, 5) is 11.3. The zero-order valence-electron chi connectivity index (χ0n) is 13.0. The highest BCUT2D eigenvalue weighted by molar-refractivity contribution is 5.92. The molecule has 24 heavy (non-hydrogen) atoms. The Morgan fingerprint density at radius 3 is 2.04 bits per heavy atom. The highest BCUT2D eigenvalue weighted by atomic mass is 16.5. The summed E-state index contributed by atoms with van der Waals surface area (Å²) in [7, 11) is 0. The van der Waals surface area contributed by atoms with Gasteiger partial charge in [0.2, 0.25) is 0 Å². The predicted octanol–water partition coefficient (Wildman–Crippen LogP) is 4.54. The molecule has 118 valence electrons. The van der Waals surface area contributed by atoms with Crippen molar-refractivity contribution in [1.82, 2.24) is 5.48 Å². The summed E-state index contributed by atoms with van der Waals surface area (Å²) in [6.45, 7) is 0. The van der Waals surface area contributed by atoms with Gasteiger partial charge in [-0.3, -0.25) is 10.0 Å². The van der Waals surface area contributed by atoms with Crippen molar-refractivity contribution in [1.29, 1.82) is 0 Å². The number of hydrogen-bond donors (Lipinski definition) is 2. The van der Waals surface area contributed by atoms with E-state index in [2.05, 4.69) is 18.2 Å². The van der Waals surface area contributed by atoms with Gasteiger partial charge in [-0.25, -0.2) is 5.48 Å². The van der Waals surface area contributed by atoms with E-state index in [-0.39, 0.29) is 0 Å². The molecule has 0 radical (unpaired) electrons. The number of hydroxylamine groups is 1. The van der Waals surface area contributed by atoms with Crippen LogP contribution in [0.2, 0.25) is 0 Å². The van der Waals surface area contributed by atoms with Gasteiger partial charge in [-0.1, -0.05) is 72.8 Å². The largest absolute Gasteiger partial charge is 0.288 e. The van der Waals surface area contributed by atoms with Crippen LogP contribution < -0.4 is 5.48 Å². The fourth-order valence-corrected chi connectivity index (χ4v) is 2.58. The second kappa shape index (κ2) is 7.40. The number of carbonyl (C=O) groups excluding carboxylic acids is 1. The molecule has 0 saturated carbocycles. The van der Waals surface area contributed by atoms with Crippen LogP contribution in [-0.4, -0.2) is 11.1 Å². The minimum Gasteiger partial charge on any atom is -0.288 e. The first-order valence-electron chi connectivity index (χ1n) is 7.65. The summed E-state index contributed by atoms with van der Waals surface area (Å²) in [5, 5.41) is 8.64. The average Bonchev–Trinajstić information content (AvgIpc) is 2.67. The van der Waals surface area contributed by atoms with Gasteiger partial charge in [-0.2, -0.15) is 0 Å². The molecule has 0 unspecified atom stereocenters. The third-order valence-corrected chi connectivity index (χ3v) is 3.77. The molecule has 0 saturated heterocycles. The van der Waals surface area contributed by atoms with E-state index in [1.54, 1.807) is 11.6 Å². The standard InChI is InChI=1S/C21H17NO2/c23-21(22-24)14-13-18-11-12-19(16-7-3-1-4-8-16)15-20(18)17-9-5-2-6-10-17/h1-15,24H,(H,22,23)/b14-13+. The summed E-state index contributed by atoms with van der Waals surface area (Å²) in [5.41, 5.74) is 6.86. The van der Waals surface area contributed by atoms with Crippen molar-refractivity contribution in [2.45, 2.75) is 0 Å². The lowest BCUT2D eigenvalue weighted by Gasteiger charge is -2.10. The lowest BCUT2D eigenvalue weighted by molar-refractivity contribution is -0.124. The Morgan fingerprint density at radius 2 is 1.42 bits per heavy atom. The molecule has 3 heteroatoms. The van der Waals surface area contributed by atoms with Crippen molar-refractivity contribution in [3.8, 4) is 22.3 Å². The second-order valence-electron chi connectivity index (χ2n) is 5.34. The number of benzene rings is 3. The number of carbonyl (C=O) groups is 1. The first kappa shape index (κ1) is 15.7. The molecule has 0 bridgehead atoms. The van der Waals surface area contributed by atoms with E-state index in [9.17, 15) is 4.79 Å². The monoisotopic (exact) mass is 315 g/mol. The molecule has 0 aromatic heterocycles. The molecule has 0 aliphatic rings. The Balaban J connectivity index is 2.09. The second-order valence-corrected chi connectivity index (χ2v) is 5.34. The van der Waals surface area contributed by atoms with Crippen molar-refractivity contribution in [3.63, 3.8) is 0 Å². The van der Waals surface area contributed by atoms with E-state index in [1.807, 2.05) is 60.7 Å². The summed E-state index contributed by atoms with van der Waals surface area (Å²) in [5.74, 6) is -0.554. The summed E-state index contributed by atoms with van der Waals surface area (Å²) in [6.07, 6.45) is 3.01. The van der Waals surface area contributed by atoms with Crippen LogP contribution in [0.25, 0.3) is 28.3 Å². The summed E-state index contributed by atoms with van der Waals surface area (Å²) in [6, 6.07) is 26.3. The third-order valence-electron chi connectivity index (χ3n) is 3.77. The SMILES string of the molecule is O=C(/C=C/c1ccc(-c2ccccc2)cc1-c1ccccc1)NO. The van der Waals surface area contributed by atoms with Crippen molar-refractivity contribution >= 4 is 12.0 Å². The first-order chi connectivity index (χ1) is 11.8. The Labute approximate surface area is 140 Å². The molecular weight excluding hydrogens is 298 g/mol. The minimum absolute atomic E-state index is 0.554. The highest BCUT2D eigenvalue weighted by Crippen LogP contribution is 2.30. The highest BCUT2D eigenvalue weighted by Gasteiger charge is 2.06. The summed E-state index contributed by atoms with van der Waals surface area (Å²) < 4.78 is 0. The van der Waals surface area contributed by atoms with Crippen LogP contribution in [0.1, 0.15) is 5.56 Å². The van der Waals surface area contributed by atoms with Crippen molar-refractivity contribution in [3.05, 3.63) is 90.5 Å². The van der Waals surface area contributed by atoms with E-state index in [1.165, 1.54) is 6.08 Å². The molecule has 0 fully saturated rings. The van der Waals surface area contributed by atoms with Crippen LogP contribution in [0.4, 0.5) is 0 Å². The van der Waals surface area contributed by atoms with Crippen molar-refractivity contribution in [2.75, 3.05) is 0 Å². The smallest absolute Gasteiger partial charge is 0.267 e. The van der Waals surface area contributed by atoms with Crippen LogP contribution in [0.3, 0.4) is 0 Å². The van der Waals surface area contributed by atoms with Gasteiger partial charge in [-0.15, -0.1) is 0 Å². The number of amides is 1. The minimum atomic E-state index is -0.554.